The average Bonchev–Trinajstić information content (AvgIpc) is 3.11. The summed E-state index contributed by atoms with van der Waals surface area (Å²) in [7, 11) is 0. The van der Waals surface area contributed by atoms with Gasteiger partial charge in [-0.15, -0.1) is 23.4 Å². The number of nitrogens with zero attached hydrogens (tertiary/aromatic N) is 3. The van der Waals surface area contributed by atoms with Crippen molar-refractivity contribution in [2.45, 2.75) is 25.1 Å². The summed E-state index contributed by atoms with van der Waals surface area (Å²) in [6.45, 7) is 0. The Morgan fingerprint density at radius 1 is 1.25 bits per heavy atom. The molecule has 4 nitrogen and oxygen atoms in total. The number of benzene rings is 1. The number of hydrogen-bond acceptors (Lipinski definition) is 3. The molecule has 0 unspecified atom stereocenters. The molecule has 0 amide bonds. The van der Waals surface area contributed by atoms with E-state index in [2.05, 4.69) is 14.9 Å². The number of hydrogen-bond donors (Lipinski definition) is 0. The van der Waals surface area contributed by atoms with Crippen LogP contribution in [-0.4, -0.2) is 21.1 Å². The fourth-order valence-corrected chi connectivity index (χ4v) is 2.16. The van der Waals surface area contributed by atoms with E-state index in [9.17, 15) is 13.2 Å². The van der Waals surface area contributed by atoms with Crippen molar-refractivity contribution in [1.29, 1.82) is 0 Å². The van der Waals surface area contributed by atoms with Crippen LogP contribution in [0.2, 0.25) is 5.28 Å². The number of aromatic nitrogens is 3. The molecule has 0 N–H and O–H groups in total. The van der Waals surface area contributed by atoms with Gasteiger partial charge in [0.2, 0.25) is 5.28 Å². The van der Waals surface area contributed by atoms with Crippen molar-refractivity contribution < 1.29 is 17.9 Å². The van der Waals surface area contributed by atoms with Crippen molar-refractivity contribution in [3.05, 3.63) is 35.4 Å². The second-order valence-corrected chi connectivity index (χ2v) is 4.82. The van der Waals surface area contributed by atoms with Crippen molar-refractivity contribution in [3.8, 4) is 11.4 Å². The van der Waals surface area contributed by atoms with E-state index in [1.54, 1.807) is 10.6 Å². The molecule has 0 bridgehead atoms. The molecule has 0 saturated heterocycles. The first-order valence-electron chi connectivity index (χ1n) is 5.91. The van der Waals surface area contributed by atoms with E-state index in [-0.39, 0.29) is 17.0 Å². The van der Waals surface area contributed by atoms with Crippen LogP contribution in [-0.2, 0) is 0 Å². The molecule has 106 valence electrons. The summed E-state index contributed by atoms with van der Waals surface area (Å²) < 4.78 is 42.1. The van der Waals surface area contributed by atoms with E-state index in [4.69, 9.17) is 11.6 Å². The Bertz CT molecular complexity index is 637. The third kappa shape index (κ3) is 2.72. The van der Waals surface area contributed by atoms with Gasteiger partial charge in [-0.3, -0.25) is 4.57 Å². The van der Waals surface area contributed by atoms with Gasteiger partial charge in [0.05, 0.1) is 5.69 Å². The van der Waals surface area contributed by atoms with Gasteiger partial charge < -0.3 is 4.74 Å². The molecule has 1 aliphatic carbocycles. The monoisotopic (exact) mass is 303 g/mol. The molecule has 1 saturated carbocycles. The Labute approximate surface area is 117 Å². The van der Waals surface area contributed by atoms with Gasteiger partial charge in [-0.2, -0.15) is 0 Å². The van der Waals surface area contributed by atoms with Crippen molar-refractivity contribution in [2.24, 2.45) is 0 Å². The lowest BCUT2D eigenvalue weighted by Crippen LogP contribution is -2.17. The van der Waals surface area contributed by atoms with Crippen LogP contribution in [0, 0.1) is 0 Å². The highest BCUT2D eigenvalue weighted by atomic mass is 35.5. The summed E-state index contributed by atoms with van der Waals surface area (Å²) in [6.07, 6.45) is -2.77. The Morgan fingerprint density at radius 2 is 2.00 bits per heavy atom. The first-order valence-corrected chi connectivity index (χ1v) is 6.29. The molecule has 1 aromatic carbocycles. The maximum Gasteiger partial charge on any atom is 0.573 e. The first-order chi connectivity index (χ1) is 9.44. The Balaban J connectivity index is 1.98. The highest BCUT2D eigenvalue weighted by molar-refractivity contribution is 6.28. The van der Waals surface area contributed by atoms with Gasteiger partial charge in [-0.05, 0) is 36.6 Å². The van der Waals surface area contributed by atoms with Crippen LogP contribution >= 0.6 is 11.6 Å². The Kier molecular flexibility index (Phi) is 3.08. The highest BCUT2D eigenvalue weighted by Gasteiger charge is 2.32. The third-order valence-electron chi connectivity index (χ3n) is 2.90. The zero-order valence-electron chi connectivity index (χ0n) is 10.1. The quantitative estimate of drug-likeness (QED) is 0.868. The van der Waals surface area contributed by atoms with Crippen LogP contribution < -0.4 is 4.74 Å². The minimum atomic E-state index is -4.73. The fourth-order valence-electron chi connectivity index (χ4n) is 1.94. The zero-order chi connectivity index (χ0) is 14.3. The fraction of sp³-hybridized carbons (Fsp3) is 0.333. The molecule has 0 atom stereocenters. The van der Waals surface area contributed by atoms with Gasteiger partial charge in [0.1, 0.15) is 11.6 Å². The summed E-state index contributed by atoms with van der Waals surface area (Å²) in [5.74, 6) is 0.628. The summed E-state index contributed by atoms with van der Waals surface area (Å²) >= 11 is 5.96. The lowest BCUT2D eigenvalue weighted by Gasteiger charge is -2.11. The zero-order valence-corrected chi connectivity index (χ0v) is 10.8. The predicted molar refractivity (Wildman–Crippen MR) is 65.0 cm³/mol. The number of halogens is 4. The molecule has 0 spiro atoms. The molecule has 2 aromatic rings. The van der Waals surface area contributed by atoms with Crippen molar-refractivity contribution in [3.63, 3.8) is 0 Å². The molecular weight excluding hydrogens is 295 g/mol. The molecule has 1 aromatic heterocycles. The summed E-state index contributed by atoms with van der Waals surface area (Å²) in [6, 6.07) is 5.58. The van der Waals surface area contributed by atoms with E-state index >= 15 is 0 Å². The van der Waals surface area contributed by atoms with Gasteiger partial charge >= 0.3 is 6.36 Å². The lowest BCUT2D eigenvalue weighted by molar-refractivity contribution is -0.274. The van der Waals surface area contributed by atoms with Gasteiger partial charge in [-0.25, -0.2) is 0 Å². The van der Waals surface area contributed by atoms with E-state index in [0.29, 0.717) is 11.5 Å². The predicted octanol–water partition coefficient (Wildman–Crippen LogP) is 3.70. The minimum absolute atomic E-state index is 0.121. The van der Waals surface area contributed by atoms with Gasteiger partial charge in [-0.1, -0.05) is 6.07 Å². The molecule has 0 aliphatic heterocycles. The largest absolute Gasteiger partial charge is 0.573 e. The summed E-state index contributed by atoms with van der Waals surface area (Å²) in [5, 5.41) is 7.87. The summed E-state index contributed by atoms with van der Waals surface area (Å²) in [4.78, 5) is 0. The molecule has 1 fully saturated rings. The van der Waals surface area contributed by atoms with Crippen LogP contribution in [0.15, 0.2) is 24.3 Å². The van der Waals surface area contributed by atoms with E-state index in [0.717, 1.165) is 12.8 Å². The maximum atomic E-state index is 12.2. The Hall–Kier alpha value is -1.76. The van der Waals surface area contributed by atoms with Crippen LogP contribution in [0.5, 0.6) is 5.75 Å². The van der Waals surface area contributed by atoms with Crippen LogP contribution in [0.25, 0.3) is 5.69 Å². The molecule has 1 aliphatic rings. The van der Waals surface area contributed by atoms with Crippen LogP contribution in [0.1, 0.15) is 24.6 Å². The van der Waals surface area contributed by atoms with Crippen molar-refractivity contribution in [1.82, 2.24) is 14.8 Å². The first kappa shape index (κ1) is 13.2. The van der Waals surface area contributed by atoms with E-state index < -0.39 is 6.36 Å². The van der Waals surface area contributed by atoms with Crippen molar-refractivity contribution in [2.75, 3.05) is 0 Å². The lowest BCUT2D eigenvalue weighted by atomic mass is 10.3. The van der Waals surface area contributed by atoms with Crippen LogP contribution in [0.4, 0.5) is 13.2 Å². The number of rotatable bonds is 3. The van der Waals surface area contributed by atoms with Gasteiger partial charge in [0, 0.05) is 12.0 Å². The molecule has 3 rings (SSSR count). The van der Waals surface area contributed by atoms with Gasteiger partial charge in [0.25, 0.3) is 0 Å². The molecular formula is C12H9ClF3N3O. The average molecular weight is 304 g/mol. The smallest absolute Gasteiger partial charge is 0.406 e. The molecule has 8 heteroatoms. The number of alkyl halides is 3. The SMILES string of the molecule is FC(F)(F)Oc1cccc(-n2c(Cl)nnc2C2CC2)c1. The van der Waals surface area contributed by atoms with E-state index in [1.165, 1.54) is 18.2 Å². The van der Waals surface area contributed by atoms with Crippen molar-refractivity contribution >= 4 is 11.6 Å². The van der Waals surface area contributed by atoms with Crippen LogP contribution in [0.3, 0.4) is 0 Å². The standard InChI is InChI=1S/C12H9ClF3N3O/c13-11-18-17-10(7-4-5-7)19(11)8-2-1-3-9(6-8)20-12(14,15)16/h1-3,6-7H,4-5H2. The highest BCUT2D eigenvalue weighted by Crippen LogP contribution is 2.41. The molecule has 1 heterocycles. The molecule has 0 radical (unpaired) electrons. The topological polar surface area (TPSA) is 39.9 Å². The van der Waals surface area contributed by atoms with E-state index in [1.807, 2.05) is 0 Å². The van der Waals surface area contributed by atoms with Gasteiger partial charge in [0.15, 0.2) is 0 Å². The number of ether oxygens (including phenoxy) is 1. The normalized spacial score (nSPS) is 15.4. The third-order valence-corrected chi connectivity index (χ3v) is 3.15. The molecule has 20 heavy (non-hydrogen) atoms. The second-order valence-electron chi connectivity index (χ2n) is 4.48. The summed E-state index contributed by atoms with van der Waals surface area (Å²) in [5.41, 5.74) is 0.448. The maximum absolute atomic E-state index is 12.2. The Morgan fingerprint density at radius 3 is 2.65 bits per heavy atom. The second kappa shape index (κ2) is 4.66. The minimum Gasteiger partial charge on any atom is -0.406 e.